The molecule has 0 aromatic carbocycles. The predicted octanol–water partition coefficient (Wildman–Crippen LogP) is 1.11. The van der Waals surface area contributed by atoms with Gasteiger partial charge in [-0.05, 0) is 24.8 Å². The van der Waals surface area contributed by atoms with Crippen molar-refractivity contribution in [2.45, 2.75) is 32.4 Å². The molecule has 30 heavy (non-hydrogen) atoms. The first kappa shape index (κ1) is 22.5. The number of rotatable bonds is 9. The number of aliphatic hydroxyl groups excluding tert-OH is 2. The van der Waals surface area contributed by atoms with Gasteiger partial charge in [-0.25, -0.2) is 9.78 Å². The van der Waals surface area contributed by atoms with E-state index in [0.29, 0.717) is 22.7 Å². The Kier molecular flexibility index (Phi) is 6.96. The summed E-state index contributed by atoms with van der Waals surface area (Å²) in [6.45, 7) is 3.70. The van der Waals surface area contributed by atoms with Crippen molar-refractivity contribution >= 4 is 47.0 Å². The highest BCUT2D eigenvalue weighted by Crippen LogP contribution is 2.50. The molecule has 4 N–H and O–H groups in total. The van der Waals surface area contributed by atoms with Crippen LogP contribution in [0.15, 0.2) is 21.5 Å². The molecule has 0 saturated carbocycles. The molecular formula is C19H23N3O6S2. The zero-order valence-corrected chi connectivity index (χ0v) is 18.1. The van der Waals surface area contributed by atoms with E-state index in [4.69, 9.17) is 5.11 Å². The van der Waals surface area contributed by atoms with Gasteiger partial charge in [-0.2, -0.15) is 0 Å². The van der Waals surface area contributed by atoms with Gasteiger partial charge in [0.15, 0.2) is 0 Å². The molecule has 2 aliphatic heterocycles. The summed E-state index contributed by atoms with van der Waals surface area (Å²) in [5.41, 5.74) is 1.76. The van der Waals surface area contributed by atoms with Crippen molar-refractivity contribution in [2.75, 3.05) is 13.2 Å². The number of hydrogen-bond acceptors (Lipinski definition) is 8. The van der Waals surface area contributed by atoms with E-state index in [2.05, 4.69) is 10.3 Å². The van der Waals surface area contributed by atoms with E-state index in [1.807, 2.05) is 6.92 Å². The second kappa shape index (κ2) is 9.29. The zero-order valence-electron chi connectivity index (χ0n) is 16.4. The number of carbonyl (C=O) groups is 3. The van der Waals surface area contributed by atoms with E-state index in [-0.39, 0.29) is 41.8 Å². The van der Waals surface area contributed by atoms with Crippen LogP contribution in [0.4, 0.5) is 0 Å². The maximum atomic E-state index is 12.4. The number of aliphatic carboxylic acids is 1. The number of nitrogens with one attached hydrogen (secondary N) is 1. The van der Waals surface area contributed by atoms with Crippen molar-refractivity contribution in [3.8, 4) is 0 Å². The largest absolute Gasteiger partial charge is 0.477 e. The number of nitrogens with zero attached hydrogens (tertiary/aromatic N) is 2. The van der Waals surface area contributed by atoms with Gasteiger partial charge >= 0.3 is 5.97 Å². The molecule has 162 valence electrons. The van der Waals surface area contributed by atoms with Gasteiger partial charge in [-0.15, -0.1) is 11.3 Å². The minimum absolute atomic E-state index is 0.0175. The van der Waals surface area contributed by atoms with Gasteiger partial charge in [0, 0.05) is 24.0 Å². The summed E-state index contributed by atoms with van der Waals surface area (Å²) >= 11 is 2.46. The molecule has 2 amide bonds. The molecule has 11 heteroatoms. The lowest BCUT2D eigenvalue weighted by Crippen LogP contribution is -2.63. The second-order valence-electron chi connectivity index (χ2n) is 7.09. The molecule has 2 aliphatic rings. The fourth-order valence-corrected chi connectivity index (χ4v) is 5.52. The molecule has 1 saturated heterocycles. The molecule has 0 radical (unpaired) electrons. The maximum absolute atomic E-state index is 12.4. The average molecular weight is 454 g/mol. The smallest absolute Gasteiger partial charge is 0.353 e. The van der Waals surface area contributed by atoms with Crippen molar-refractivity contribution < 1.29 is 29.7 Å². The van der Waals surface area contributed by atoms with Gasteiger partial charge in [0.2, 0.25) is 5.91 Å². The number of thioether (sulfide) groups is 1. The lowest BCUT2D eigenvalue weighted by Gasteiger charge is -2.46. The minimum Gasteiger partial charge on any atom is -0.477 e. The van der Waals surface area contributed by atoms with Crippen LogP contribution in [0.25, 0.3) is 6.08 Å². The number of aliphatic hydroxyl groups is 2. The molecule has 1 aromatic rings. The van der Waals surface area contributed by atoms with Gasteiger partial charge in [-0.1, -0.05) is 18.7 Å². The third-order valence-corrected chi connectivity index (χ3v) is 7.04. The van der Waals surface area contributed by atoms with Crippen molar-refractivity contribution in [3.05, 3.63) is 32.1 Å². The van der Waals surface area contributed by atoms with E-state index in [1.54, 1.807) is 17.0 Å². The Labute approximate surface area is 181 Å². The fourth-order valence-electron chi connectivity index (χ4n) is 3.76. The third kappa shape index (κ3) is 4.02. The van der Waals surface area contributed by atoms with Crippen molar-refractivity contribution in [1.29, 1.82) is 0 Å². The van der Waals surface area contributed by atoms with E-state index in [1.165, 1.54) is 34.9 Å². The first-order valence-corrected chi connectivity index (χ1v) is 11.2. The molecule has 0 spiro atoms. The molecule has 1 fully saturated rings. The van der Waals surface area contributed by atoms with Crippen LogP contribution in [0.5, 0.6) is 0 Å². The summed E-state index contributed by atoms with van der Waals surface area (Å²) in [5, 5.41) is 32.7. The van der Waals surface area contributed by atoms with E-state index in [9.17, 15) is 24.6 Å². The Morgan fingerprint density at radius 1 is 1.47 bits per heavy atom. The van der Waals surface area contributed by atoms with Crippen LogP contribution in [0.3, 0.4) is 0 Å². The number of carbonyl (C=O) groups excluding carboxylic acids is 2. The number of aromatic nitrogens is 1. The highest BCUT2D eigenvalue weighted by atomic mass is 32.2. The Hall–Kier alpha value is -2.21. The SMILES string of the molecule is C[C@@H](O)[C@H]1C(=O)N2C(C(=O)O)=C(SC=Cc3scnc3C(=O)NCCCO)[C@H](C)[C@H]12. The first-order valence-electron chi connectivity index (χ1n) is 9.43. The van der Waals surface area contributed by atoms with Crippen LogP contribution < -0.4 is 5.32 Å². The zero-order chi connectivity index (χ0) is 22.0. The number of β-lactam (4-membered cyclic amide) rings is 1. The number of carboxylic acid groups (broad SMARTS) is 1. The molecule has 9 nitrogen and oxygen atoms in total. The summed E-state index contributed by atoms with van der Waals surface area (Å²) in [7, 11) is 0. The third-order valence-electron chi connectivity index (χ3n) is 5.16. The van der Waals surface area contributed by atoms with E-state index < -0.39 is 18.0 Å². The highest BCUT2D eigenvalue weighted by Gasteiger charge is 2.59. The molecule has 1 aromatic heterocycles. The lowest BCUT2D eigenvalue weighted by atomic mass is 9.79. The molecule has 4 atom stereocenters. The number of carboxylic acids is 1. The predicted molar refractivity (Wildman–Crippen MR) is 112 cm³/mol. The molecule has 0 bridgehead atoms. The topological polar surface area (TPSA) is 140 Å². The summed E-state index contributed by atoms with van der Waals surface area (Å²) in [6, 6.07) is -0.365. The minimum atomic E-state index is -1.18. The monoisotopic (exact) mass is 453 g/mol. The summed E-state index contributed by atoms with van der Waals surface area (Å²) < 4.78 is 0. The Bertz CT molecular complexity index is 910. The average Bonchev–Trinajstić information content (AvgIpc) is 3.23. The van der Waals surface area contributed by atoms with Crippen LogP contribution >= 0.6 is 23.1 Å². The molecular weight excluding hydrogens is 430 g/mol. The van der Waals surface area contributed by atoms with Crippen LogP contribution in [0.1, 0.15) is 35.6 Å². The molecule has 3 rings (SSSR count). The maximum Gasteiger partial charge on any atom is 0.353 e. The second-order valence-corrected chi connectivity index (χ2v) is 8.92. The van der Waals surface area contributed by atoms with Crippen LogP contribution in [0, 0.1) is 11.8 Å². The van der Waals surface area contributed by atoms with Crippen LogP contribution in [-0.4, -0.2) is 68.3 Å². The highest BCUT2D eigenvalue weighted by molar-refractivity contribution is 8.06. The molecule has 3 heterocycles. The lowest BCUT2D eigenvalue weighted by molar-refractivity contribution is -0.163. The summed E-state index contributed by atoms with van der Waals surface area (Å²) in [6.07, 6.45) is 1.29. The van der Waals surface area contributed by atoms with E-state index in [0.717, 1.165) is 0 Å². The Morgan fingerprint density at radius 3 is 2.83 bits per heavy atom. The Balaban J connectivity index is 1.75. The standard InChI is InChI=1S/C19H23N3O6S2/c1-9-14-12(10(2)24)18(26)22(14)15(19(27)28)16(9)29-7-4-11-13(21-8-30-11)17(25)20-5-3-6-23/h4,7-10,12,14,23-24H,3,5-6H2,1-2H3,(H,20,25)(H,27,28)/t9-,10-,12-,14-/m1/s1. The van der Waals surface area contributed by atoms with Crippen molar-refractivity contribution in [2.24, 2.45) is 11.8 Å². The van der Waals surface area contributed by atoms with Crippen molar-refractivity contribution in [3.63, 3.8) is 0 Å². The van der Waals surface area contributed by atoms with Gasteiger partial charge in [0.25, 0.3) is 5.91 Å². The van der Waals surface area contributed by atoms with Gasteiger partial charge < -0.3 is 25.5 Å². The first-order chi connectivity index (χ1) is 14.3. The van der Waals surface area contributed by atoms with Crippen molar-refractivity contribution in [1.82, 2.24) is 15.2 Å². The van der Waals surface area contributed by atoms with Gasteiger partial charge in [-0.3, -0.25) is 9.59 Å². The fraction of sp³-hybridized carbons (Fsp3) is 0.474. The van der Waals surface area contributed by atoms with Crippen LogP contribution in [-0.2, 0) is 9.59 Å². The quantitative estimate of drug-likeness (QED) is 0.322. The number of hydrogen-bond donors (Lipinski definition) is 4. The van der Waals surface area contributed by atoms with Gasteiger partial charge in [0.1, 0.15) is 11.4 Å². The number of fused-ring (bicyclic) bond motifs is 1. The normalized spacial score (nSPS) is 24.2. The molecule has 0 unspecified atom stereocenters. The summed E-state index contributed by atoms with van der Waals surface area (Å²) in [4.78, 5) is 42.9. The summed E-state index contributed by atoms with van der Waals surface area (Å²) in [5.74, 6) is -2.73. The van der Waals surface area contributed by atoms with Gasteiger partial charge in [0.05, 0.1) is 28.5 Å². The Morgan fingerprint density at radius 2 is 2.20 bits per heavy atom. The van der Waals surface area contributed by atoms with E-state index >= 15 is 0 Å². The number of thiazole rings is 1. The molecule has 0 aliphatic carbocycles. The number of amides is 2. The van der Waals surface area contributed by atoms with Crippen LogP contribution in [0.2, 0.25) is 0 Å².